The first-order valence-corrected chi connectivity index (χ1v) is 13.0. The maximum atomic E-state index is 13.4. The van der Waals surface area contributed by atoms with Crippen molar-refractivity contribution in [2.45, 2.75) is 38.8 Å². The topological polar surface area (TPSA) is 85.3 Å². The summed E-state index contributed by atoms with van der Waals surface area (Å²) in [6, 6.07) is 21.1. The lowest BCUT2D eigenvalue weighted by Gasteiger charge is -2.26. The second-order valence-corrected chi connectivity index (χ2v) is 9.40. The molecule has 0 aromatic heterocycles. The van der Waals surface area contributed by atoms with Crippen LogP contribution in [-0.2, 0) is 16.1 Å². The smallest absolute Gasteiger partial charge is 0.295 e. The molecule has 1 unspecified atom stereocenters. The number of carbonyl (C=O) groups is 2. The Morgan fingerprint density at radius 1 is 0.947 bits per heavy atom. The van der Waals surface area contributed by atoms with E-state index in [1.54, 1.807) is 18.2 Å². The molecule has 1 N–H and O–H groups in total. The van der Waals surface area contributed by atoms with Gasteiger partial charge in [0.15, 0.2) is 11.5 Å². The fourth-order valence-electron chi connectivity index (χ4n) is 4.80. The molecule has 0 aliphatic carbocycles. The summed E-state index contributed by atoms with van der Waals surface area (Å²) in [6.45, 7) is 3.84. The number of benzene rings is 3. The number of rotatable bonds is 9. The maximum Gasteiger partial charge on any atom is 0.295 e. The van der Waals surface area contributed by atoms with Gasteiger partial charge >= 0.3 is 0 Å². The van der Waals surface area contributed by atoms with Gasteiger partial charge in [0, 0.05) is 12.1 Å². The van der Waals surface area contributed by atoms with Crippen molar-refractivity contribution in [1.29, 1.82) is 0 Å². The predicted molar refractivity (Wildman–Crippen MR) is 143 cm³/mol. The highest BCUT2D eigenvalue weighted by Gasteiger charge is 2.46. The van der Waals surface area contributed by atoms with Crippen molar-refractivity contribution < 1.29 is 28.9 Å². The molecule has 0 radical (unpaired) electrons. The molecule has 2 heterocycles. The molecule has 1 saturated heterocycles. The molecule has 1 amide bonds. The minimum Gasteiger partial charge on any atom is -0.507 e. The van der Waals surface area contributed by atoms with E-state index in [1.165, 1.54) is 4.90 Å². The number of aliphatic hydroxyl groups is 1. The number of amides is 1. The number of nitrogens with zero attached hydrogens (tertiary/aromatic N) is 1. The number of hydrogen-bond donors (Lipinski definition) is 1. The van der Waals surface area contributed by atoms with Crippen LogP contribution in [0.1, 0.15) is 48.9 Å². The van der Waals surface area contributed by atoms with Gasteiger partial charge in [-0.3, -0.25) is 9.59 Å². The number of ether oxygens (including phenoxy) is 3. The summed E-state index contributed by atoms with van der Waals surface area (Å²) in [4.78, 5) is 28.2. The molecule has 5 rings (SSSR count). The second kappa shape index (κ2) is 11.4. The van der Waals surface area contributed by atoms with Gasteiger partial charge in [0.05, 0.1) is 18.2 Å². The fraction of sp³-hybridized carbons (Fsp3) is 0.290. The van der Waals surface area contributed by atoms with Gasteiger partial charge in [-0.15, -0.1) is 0 Å². The SMILES string of the molecule is CCCCCOc1ccc(C2C(=C(O)c3ccc4c(c3)OCCO4)C(=O)C(=O)N2Cc2ccccc2)cc1. The number of Topliss-reactive ketones (excluding diaryl/α,β-unsaturated/α-hetero) is 1. The van der Waals surface area contributed by atoms with Crippen LogP contribution in [0, 0.1) is 0 Å². The Hall–Kier alpha value is -4.26. The molecule has 2 aliphatic rings. The van der Waals surface area contributed by atoms with Gasteiger partial charge in [-0.25, -0.2) is 0 Å². The average molecular weight is 514 g/mol. The van der Waals surface area contributed by atoms with Gasteiger partial charge in [-0.2, -0.15) is 0 Å². The first kappa shape index (κ1) is 25.4. The van der Waals surface area contributed by atoms with Crippen LogP contribution in [-0.4, -0.2) is 41.5 Å². The minimum atomic E-state index is -0.766. The molecule has 0 saturated carbocycles. The molecule has 3 aromatic rings. The minimum absolute atomic E-state index is 0.0409. The monoisotopic (exact) mass is 513 g/mol. The Balaban J connectivity index is 1.53. The van der Waals surface area contributed by atoms with Crippen LogP contribution in [0.25, 0.3) is 5.76 Å². The van der Waals surface area contributed by atoms with Crippen LogP contribution in [0.4, 0.5) is 0 Å². The number of likely N-dealkylation sites (tertiary alicyclic amines) is 1. The normalized spacial score (nSPS) is 18.0. The summed E-state index contributed by atoms with van der Waals surface area (Å²) < 4.78 is 17.1. The lowest BCUT2D eigenvalue weighted by molar-refractivity contribution is -0.140. The Morgan fingerprint density at radius 3 is 2.42 bits per heavy atom. The van der Waals surface area contributed by atoms with E-state index >= 15 is 0 Å². The lowest BCUT2D eigenvalue weighted by Crippen LogP contribution is -2.29. The number of hydrogen-bond acceptors (Lipinski definition) is 6. The molecule has 7 nitrogen and oxygen atoms in total. The van der Waals surface area contributed by atoms with Gasteiger partial charge in [0.25, 0.3) is 11.7 Å². The number of unbranched alkanes of at least 4 members (excludes halogenated alkanes) is 2. The highest BCUT2D eigenvalue weighted by atomic mass is 16.6. The zero-order valence-corrected chi connectivity index (χ0v) is 21.4. The van der Waals surface area contributed by atoms with Crippen molar-refractivity contribution in [3.63, 3.8) is 0 Å². The maximum absolute atomic E-state index is 13.4. The lowest BCUT2D eigenvalue weighted by atomic mass is 9.95. The van der Waals surface area contributed by atoms with E-state index in [-0.39, 0.29) is 17.9 Å². The van der Waals surface area contributed by atoms with Crippen molar-refractivity contribution in [3.8, 4) is 17.2 Å². The summed E-state index contributed by atoms with van der Waals surface area (Å²) in [6.07, 6.45) is 3.20. The van der Waals surface area contributed by atoms with E-state index in [0.29, 0.717) is 42.4 Å². The van der Waals surface area contributed by atoms with Crippen LogP contribution >= 0.6 is 0 Å². The average Bonchev–Trinajstić information content (AvgIpc) is 3.20. The van der Waals surface area contributed by atoms with Crippen molar-refractivity contribution >= 4 is 17.4 Å². The molecule has 1 atom stereocenters. The summed E-state index contributed by atoms with van der Waals surface area (Å²) in [5.41, 5.74) is 2.02. The Kier molecular flexibility index (Phi) is 7.63. The fourth-order valence-corrected chi connectivity index (χ4v) is 4.80. The predicted octanol–water partition coefficient (Wildman–Crippen LogP) is 5.65. The molecule has 196 valence electrons. The van der Waals surface area contributed by atoms with E-state index in [4.69, 9.17) is 14.2 Å². The molecule has 0 spiro atoms. The van der Waals surface area contributed by atoms with Crippen LogP contribution < -0.4 is 14.2 Å². The summed E-state index contributed by atoms with van der Waals surface area (Å²) in [5.74, 6) is 0.150. The molecule has 1 fully saturated rings. The molecule has 38 heavy (non-hydrogen) atoms. The Bertz CT molecular complexity index is 1330. The van der Waals surface area contributed by atoms with Crippen LogP contribution in [0.15, 0.2) is 78.4 Å². The Morgan fingerprint density at radius 2 is 1.68 bits per heavy atom. The zero-order valence-electron chi connectivity index (χ0n) is 21.4. The van der Waals surface area contributed by atoms with E-state index in [9.17, 15) is 14.7 Å². The van der Waals surface area contributed by atoms with Gasteiger partial charge in [0.2, 0.25) is 0 Å². The number of carbonyl (C=O) groups excluding carboxylic acids is 2. The van der Waals surface area contributed by atoms with E-state index < -0.39 is 17.7 Å². The molecule has 7 heteroatoms. The van der Waals surface area contributed by atoms with Crippen LogP contribution in [0.2, 0.25) is 0 Å². The third-order valence-electron chi connectivity index (χ3n) is 6.76. The quantitative estimate of drug-likeness (QED) is 0.172. The van der Waals surface area contributed by atoms with Gasteiger partial charge in [-0.1, -0.05) is 62.2 Å². The van der Waals surface area contributed by atoms with Crippen molar-refractivity contribution in [3.05, 3.63) is 95.1 Å². The summed E-state index contributed by atoms with van der Waals surface area (Å²) >= 11 is 0. The first-order chi connectivity index (χ1) is 18.6. The molecular formula is C31H31NO6. The third kappa shape index (κ3) is 5.23. The highest BCUT2D eigenvalue weighted by molar-refractivity contribution is 6.46. The molecular weight excluding hydrogens is 482 g/mol. The first-order valence-electron chi connectivity index (χ1n) is 13.0. The number of fused-ring (bicyclic) bond motifs is 1. The van der Waals surface area contributed by atoms with E-state index in [2.05, 4.69) is 6.92 Å². The highest BCUT2D eigenvalue weighted by Crippen LogP contribution is 2.42. The van der Waals surface area contributed by atoms with Crippen LogP contribution in [0.3, 0.4) is 0 Å². The van der Waals surface area contributed by atoms with E-state index in [1.807, 2.05) is 54.6 Å². The molecule has 2 aliphatic heterocycles. The van der Waals surface area contributed by atoms with E-state index in [0.717, 1.165) is 30.6 Å². The van der Waals surface area contributed by atoms with Crippen LogP contribution in [0.5, 0.6) is 17.2 Å². The molecule has 3 aromatic carbocycles. The standard InChI is InChI=1S/C31H31NO6/c1-2-3-7-16-36-24-13-10-22(11-14-24)28-27(29(33)23-12-15-25-26(19-23)38-18-17-37-25)30(34)31(35)32(28)20-21-8-5-4-6-9-21/h4-6,8-15,19,28,33H,2-3,7,16-18,20H2,1H3. The van der Waals surface area contributed by atoms with Gasteiger partial charge < -0.3 is 24.2 Å². The van der Waals surface area contributed by atoms with Crippen molar-refractivity contribution in [2.24, 2.45) is 0 Å². The second-order valence-electron chi connectivity index (χ2n) is 9.40. The van der Waals surface area contributed by atoms with Crippen molar-refractivity contribution in [2.75, 3.05) is 19.8 Å². The Labute approximate surface area is 222 Å². The summed E-state index contributed by atoms with van der Waals surface area (Å²) in [5, 5.41) is 11.4. The largest absolute Gasteiger partial charge is 0.507 e. The van der Waals surface area contributed by atoms with Gasteiger partial charge in [0.1, 0.15) is 24.7 Å². The van der Waals surface area contributed by atoms with Gasteiger partial charge in [-0.05, 0) is 47.9 Å². The van der Waals surface area contributed by atoms with Crippen molar-refractivity contribution in [1.82, 2.24) is 4.90 Å². The number of aliphatic hydroxyl groups excluding tert-OH is 1. The zero-order chi connectivity index (χ0) is 26.5. The number of ketones is 1. The molecule has 0 bridgehead atoms. The summed E-state index contributed by atoms with van der Waals surface area (Å²) in [7, 11) is 0. The third-order valence-corrected chi connectivity index (χ3v) is 6.76.